The van der Waals surface area contributed by atoms with Crippen LogP contribution in [0.2, 0.25) is 0 Å². The Labute approximate surface area is 134 Å². The van der Waals surface area contributed by atoms with E-state index >= 15 is 0 Å². The van der Waals surface area contributed by atoms with Crippen molar-refractivity contribution in [1.29, 1.82) is 0 Å². The zero-order valence-electron chi connectivity index (χ0n) is 13.0. The molecule has 0 bridgehead atoms. The third kappa shape index (κ3) is 3.57. The van der Waals surface area contributed by atoms with Crippen LogP contribution in [0.5, 0.6) is 0 Å². The molecule has 0 saturated heterocycles. The van der Waals surface area contributed by atoms with Crippen LogP contribution in [-0.4, -0.2) is 37.3 Å². The van der Waals surface area contributed by atoms with E-state index in [0.717, 1.165) is 12.2 Å². The van der Waals surface area contributed by atoms with Crippen molar-refractivity contribution in [2.24, 2.45) is 0 Å². The molecule has 3 aromatic rings. The van der Waals surface area contributed by atoms with Crippen LogP contribution in [0.15, 0.2) is 42.7 Å². The second-order valence-electron chi connectivity index (χ2n) is 5.27. The van der Waals surface area contributed by atoms with E-state index in [1.807, 2.05) is 31.2 Å². The van der Waals surface area contributed by atoms with Gasteiger partial charge >= 0.3 is 0 Å². The molecule has 7 heteroatoms. The number of aromatic nitrogens is 4. The lowest BCUT2D eigenvalue weighted by Gasteiger charge is -2.16. The van der Waals surface area contributed by atoms with Crippen LogP contribution in [0.3, 0.4) is 0 Å². The molecule has 120 valence electrons. The number of aliphatic hydroxyl groups is 1. The lowest BCUT2D eigenvalue weighted by molar-refractivity contribution is 0.271. The number of nitrogens with zero attached hydrogens (tertiary/aromatic N) is 4. The van der Waals surface area contributed by atoms with Gasteiger partial charge in [0.2, 0.25) is 0 Å². The quantitative estimate of drug-likeness (QED) is 0.618. The van der Waals surface area contributed by atoms with E-state index in [9.17, 15) is 5.11 Å². The van der Waals surface area contributed by atoms with E-state index in [0.29, 0.717) is 18.1 Å². The summed E-state index contributed by atoms with van der Waals surface area (Å²) in [6, 6.07) is 12.0. The topological polar surface area (TPSA) is 87.4 Å². The molecule has 0 aliphatic heterocycles. The van der Waals surface area contributed by atoms with Crippen molar-refractivity contribution in [3.63, 3.8) is 0 Å². The molecule has 0 unspecified atom stereocenters. The molecule has 3 N–H and O–H groups in total. The Kier molecular flexibility index (Phi) is 4.68. The first-order valence-electron chi connectivity index (χ1n) is 7.66. The molecule has 3 rings (SSSR count). The molecule has 0 aliphatic rings. The van der Waals surface area contributed by atoms with Crippen LogP contribution in [0.1, 0.15) is 18.9 Å². The third-order valence-corrected chi connectivity index (χ3v) is 3.63. The molecular weight excluding hydrogens is 292 g/mol. The van der Waals surface area contributed by atoms with Gasteiger partial charge in [-0.25, -0.2) is 0 Å². The number of nitrogens with one attached hydrogen (secondary N) is 2. The van der Waals surface area contributed by atoms with Gasteiger partial charge in [0.1, 0.15) is 18.0 Å². The maximum Gasteiger partial charge on any atom is 0.256 e. The van der Waals surface area contributed by atoms with Crippen molar-refractivity contribution in [3.05, 3.63) is 48.3 Å². The highest BCUT2D eigenvalue weighted by Crippen LogP contribution is 2.16. The van der Waals surface area contributed by atoms with Crippen LogP contribution in [-0.2, 0) is 6.54 Å². The minimum atomic E-state index is -0.0326. The zero-order valence-corrected chi connectivity index (χ0v) is 13.0. The van der Waals surface area contributed by atoms with Crippen molar-refractivity contribution < 1.29 is 5.11 Å². The molecule has 0 aliphatic carbocycles. The Hall–Kier alpha value is -2.67. The molecule has 1 aromatic carbocycles. The highest BCUT2D eigenvalue weighted by molar-refractivity contribution is 5.54. The first-order chi connectivity index (χ1) is 11.3. The van der Waals surface area contributed by atoms with Crippen LogP contribution >= 0.6 is 0 Å². The summed E-state index contributed by atoms with van der Waals surface area (Å²) in [5.74, 6) is 1.98. The van der Waals surface area contributed by atoms with Gasteiger partial charge in [-0.2, -0.15) is 19.6 Å². The summed E-state index contributed by atoms with van der Waals surface area (Å²) in [5.41, 5.74) is 1.17. The van der Waals surface area contributed by atoms with Crippen molar-refractivity contribution in [3.8, 4) is 0 Å². The summed E-state index contributed by atoms with van der Waals surface area (Å²) in [4.78, 5) is 8.57. The molecular formula is C16H20N6O. The Balaban J connectivity index is 1.84. The lowest BCUT2D eigenvalue weighted by atomic mass is 10.2. The van der Waals surface area contributed by atoms with Crippen LogP contribution in [0.25, 0.3) is 5.78 Å². The van der Waals surface area contributed by atoms with Gasteiger partial charge < -0.3 is 15.7 Å². The third-order valence-electron chi connectivity index (χ3n) is 3.63. The Morgan fingerprint density at radius 1 is 1.26 bits per heavy atom. The summed E-state index contributed by atoms with van der Waals surface area (Å²) in [6.07, 6.45) is 2.28. The Bertz CT molecular complexity index is 754. The van der Waals surface area contributed by atoms with E-state index in [1.165, 1.54) is 11.9 Å². The van der Waals surface area contributed by atoms with Crippen molar-refractivity contribution in [1.82, 2.24) is 19.6 Å². The number of rotatable bonds is 7. The zero-order chi connectivity index (χ0) is 16.1. The smallest absolute Gasteiger partial charge is 0.256 e. The average molecular weight is 312 g/mol. The number of aliphatic hydroxyl groups excluding tert-OH is 1. The number of anilines is 2. The predicted octanol–water partition coefficient (Wildman–Crippen LogP) is 1.92. The SMILES string of the molecule is CC[C@H](CO)Nc1cc(NCc2ccccc2)n2ncnc2n1. The van der Waals surface area contributed by atoms with Gasteiger partial charge in [-0.1, -0.05) is 37.3 Å². The monoisotopic (exact) mass is 312 g/mol. The van der Waals surface area contributed by atoms with Gasteiger partial charge in [-0.05, 0) is 12.0 Å². The van der Waals surface area contributed by atoms with E-state index in [1.54, 1.807) is 4.52 Å². The minimum absolute atomic E-state index is 0.0326. The molecule has 7 nitrogen and oxygen atoms in total. The summed E-state index contributed by atoms with van der Waals surface area (Å²) >= 11 is 0. The van der Waals surface area contributed by atoms with Gasteiger partial charge in [-0.15, -0.1) is 0 Å². The van der Waals surface area contributed by atoms with Crippen LogP contribution in [0.4, 0.5) is 11.6 Å². The molecule has 0 saturated carbocycles. The van der Waals surface area contributed by atoms with Gasteiger partial charge in [0.05, 0.1) is 12.6 Å². The Morgan fingerprint density at radius 3 is 2.83 bits per heavy atom. The van der Waals surface area contributed by atoms with E-state index in [2.05, 4.69) is 37.8 Å². The maximum atomic E-state index is 9.34. The summed E-state index contributed by atoms with van der Waals surface area (Å²) in [5, 5.41) is 20.1. The second kappa shape index (κ2) is 7.06. The minimum Gasteiger partial charge on any atom is -0.394 e. The molecule has 0 spiro atoms. The number of hydrogen-bond acceptors (Lipinski definition) is 6. The van der Waals surface area contributed by atoms with Gasteiger partial charge in [0.15, 0.2) is 0 Å². The summed E-state index contributed by atoms with van der Waals surface area (Å²) < 4.78 is 1.66. The molecule has 2 heterocycles. The molecule has 1 atom stereocenters. The predicted molar refractivity (Wildman–Crippen MR) is 89.3 cm³/mol. The largest absolute Gasteiger partial charge is 0.394 e. The van der Waals surface area contributed by atoms with E-state index in [-0.39, 0.29) is 12.6 Å². The summed E-state index contributed by atoms with van der Waals surface area (Å²) in [6.45, 7) is 2.75. The highest BCUT2D eigenvalue weighted by atomic mass is 16.3. The van der Waals surface area contributed by atoms with Crippen molar-refractivity contribution in [2.75, 3.05) is 17.2 Å². The lowest BCUT2D eigenvalue weighted by Crippen LogP contribution is -2.23. The fourth-order valence-electron chi connectivity index (χ4n) is 2.29. The second-order valence-corrected chi connectivity index (χ2v) is 5.27. The van der Waals surface area contributed by atoms with Gasteiger partial charge in [-0.3, -0.25) is 0 Å². The Morgan fingerprint density at radius 2 is 2.09 bits per heavy atom. The molecule has 0 amide bonds. The first-order valence-corrected chi connectivity index (χ1v) is 7.66. The fraction of sp³-hybridized carbons (Fsp3) is 0.312. The number of hydrogen-bond donors (Lipinski definition) is 3. The van der Waals surface area contributed by atoms with Crippen molar-refractivity contribution in [2.45, 2.75) is 25.9 Å². The van der Waals surface area contributed by atoms with E-state index in [4.69, 9.17) is 0 Å². The molecule has 23 heavy (non-hydrogen) atoms. The molecule has 0 radical (unpaired) electrons. The molecule has 0 fully saturated rings. The number of benzene rings is 1. The highest BCUT2D eigenvalue weighted by Gasteiger charge is 2.10. The number of fused-ring (bicyclic) bond motifs is 1. The van der Waals surface area contributed by atoms with Crippen LogP contribution in [0, 0.1) is 0 Å². The maximum absolute atomic E-state index is 9.34. The molecule has 2 aromatic heterocycles. The van der Waals surface area contributed by atoms with Crippen LogP contribution < -0.4 is 10.6 Å². The van der Waals surface area contributed by atoms with E-state index < -0.39 is 0 Å². The van der Waals surface area contributed by atoms with Gasteiger partial charge in [0, 0.05) is 12.6 Å². The van der Waals surface area contributed by atoms with Crippen molar-refractivity contribution >= 4 is 17.4 Å². The summed E-state index contributed by atoms with van der Waals surface area (Å²) in [7, 11) is 0. The average Bonchev–Trinajstić information content (AvgIpc) is 3.07. The first kappa shape index (κ1) is 15.2. The fourth-order valence-corrected chi connectivity index (χ4v) is 2.29. The van der Waals surface area contributed by atoms with Gasteiger partial charge in [0.25, 0.3) is 5.78 Å². The normalized spacial score (nSPS) is 12.3. The standard InChI is InChI=1S/C16H20N6O/c1-2-13(10-23)20-14-8-15(22-16(21-14)18-11-19-22)17-9-12-6-4-3-5-7-12/h3-8,11,13,17,23H,2,9-10H2,1H3,(H,18,19,20,21)/t13-/m1/s1.